The van der Waals surface area contributed by atoms with Gasteiger partial charge < -0.3 is 21.1 Å². The third-order valence-electron chi connectivity index (χ3n) is 2.97. The van der Waals surface area contributed by atoms with Gasteiger partial charge in [0.25, 0.3) is 11.7 Å². The molecule has 1 aliphatic heterocycles. The average molecular weight is 300 g/mol. The van der Waals surface area contributed by atoms with Gasteiger partial charge in [-0.2, -0.15) is 4.98 Å². The molecule has 7 nitrogen and oxygen atoms in total. The quantitative estimate of drug-likeness (QED) is 0.726. The van der Waals surface area contributed by atoms with E-state index >= 15 is 0 Å². The molecule has 3 rings (SSSR count). The predicted octanol–water partition coefficient (Wildman–Crippen LogP) is 1.54. The van der Waals surface area contributed by atoms with Crippen molar-refractivity contribution in [2.45, 2.75) is 0 Å². The molecule has 2 heterocycles. The highest BCUT2D eigenvalue weighted by Crippen LogP contribution is 2.21. The summed E-state index contributed by atoms with van der Waals surface area (Å²) in [5.41, 5.74) is 7.28. The second-order valence-corrected chi connectivity index (χ2v) is 4.37. The second kappa shape index (κ2) is 6.57. The number of carbonyl (C=O) groups excluding carboxylic acids is 2. The minimum atomic E-state index is -0.536. The van der Waals surface area contributed by atoms with Crippen LogP contribution in [0.25, 0.3) is 0 Å². The zero-order valence-electron chi connectivity index (χ0n) is 12.2. The van der Waals surface area contributed by atoms with E-state index in [9.17, 15) is 9.59 Å². The molecular weight excluding hydrogens is 284 g/mol. The number of hydrogen-bond acceptors (Lipinski definition) is 6. The van der Waals surface area contributed by atoms with Crippen molar-refractivity contribution < 1.29 is 14.3 Å². The Hall–Kier alpha value is -3.09. The molecule has 0 unspecified atom stereocenters. The number of para-hydroxylation sites is 1. The Morgan fingerprint density at radius 2 is 1.91 bits per heavy atom. The fraction of sp³-hybridized carbons (Fsp3) is 0.133. The molecule has 4 N–H and O–H groups in total. The highest BCUT2D eigenvalue weighted by Gasteiger charge is 2.26. The highest BCUT2D eigenvalue weighted by atomic mass is 16.5. The van der Waals surface area contributed by atoms with Crippen molar-refractivity contribution in [1.29, 1.82) is 0 Å². The maximum absolute atomic E-state index is 11.0. The van der Waals surface area contributed by atoms with Crippen LogP contribution in [0.5, 0.6) is 5.88 Å². The van der Waals surface area contributed by atoms with Gasteiger partial charge in [-0.05, 0) is 18.2 Å². The number of ketones is 1. The standard InChI is InChI=1S/C8H5NO2.C7H11N3O/c10-7-5-3-1-2-4-6(5)9-8(7)11;1-9-7-5(8)3-4-6(10-7)11-2/h1-4H,(H,9,10,11);3-4H,8H2,1-2H3,(H,9,10). The van der Waals surface area contributed by atoms with Gasteiger partial charge >= 0.3 is 0 Å². The van der Waals surface area contributed by atoms with Crippen LogP contribution in [0.4, 0.5) is 17.2 Å². The first-order valence-corrected chi connectivity index (χ1v) is 6.49. The van der Waals surface area contributed by atoms with E-state index in [-0.39, 0.29) is 0 Å². The second-order valence-electron chi connectivity index (χ2n) is 4.37. The van der Waals surface area contributed by atoms with E-state index in [1.165, 1.54) is 0 Å². The fourth-order valence-corrected chi connectivity index (χ4v) is 1.86. The summed E-state index contributed by atoms with van der Waals surface area (Å²) in [6.45, 7) is 0. The van der Waals surface area contributed by atoms with Crippen LogP contribution < -0.4 is 21.1 Å². The third-order valence-corrected chi connectivity index (χ3v) is 2.97. The van der Waals surface area contributed by atoms with Gasteiger partial charge in [-0.25, -0.2) is 0 Å². The normalized spacial score (nSPS) is 11.9. The number of nitrogens with two attached hydrogens (primary N) is 1. The Kier molecular flexibility index (Phi) is 4.57. The van der Waals surface area contributed by atoms with Crippen molar-refractivity contribution in [2.75, 3.05) is 30.5 Å². The van der Waals surface area contributed by atoms with E-state index in [4.69, 9.17) is 10.5 Å². The van der Waals surface area contributed by atoms with Gasteiger partial charge in [0.2, 0.25) is 5.88 Å². The number of anilines is 3. The summed E-state index contributed by atoms with van der Waals surface area (Å²) >= 11 is 0. The molecule has 0 bridgehead atoms. The number of methoxy groups -OCH3 is 1. The first-order valence-electron chi connectivity index (χ1n) is 6.49. The van der Waals surface area contributed by atoms with Crippen LogP contribution in [0.3, 0.4) is 0 Å². The van der Waals surface area contributed by atoms with Crippen LogP contribution in [0.1, 0.15) is 10.4 Å². The van der Waals surface area contributed by atoms with E-state index in [0.29, 0.717) is 28.6 Å². The number of nitrogen functional groups attached to an aromatic ring is 1. The Bertz CT molecular complexity index is 716. The zero-order chi connectivity index (χ0) is 16.1. The summed E-state index contributed by atoms with van der Waals surface area (Å²) < 4.78 is 4.90. The molecule has 0 aliphatic carbocycles. The molecule has 0 atom stereocenters. The number of rotatable bonds is 2. The molecule has 2 aromatic rings. The molecule has 7 heteroatoms. The molecule has 0 radical (unpaired) electrons. The Morgan fingerprint density at radius 1 is 1.18 bits per heavy atom. The zero-order valence-corrected chi connectivity index (χ0v) is 12.2. The SMILES string of the molecule is CNc1nc(OC)ccc1N.O=C1Nc2ccccc2C1=O. The monoisotopic (exact) mass is 300 g/mol. The van der Waals surface area contributed by atoms with Crippen molar-refractivity contribution in [2.24, 2.45) is 0 Å². The number of hydrogen-bond donors (Lipinski definition) is 3. The van der Waals surface area contributed by atoms with E-state index in [2.05, 4.69) is 15.6 Å². The summed E-state index contributed by atoms with van der Waals surface area (Å²) in [6.07, 6.45) is 0. The number of Topliss-reactive ketones (excluding diaryl/α,β-unsaturated/α-hetero) is 1. The van der Waals surface area contributed by atoms with E-state index in [1.54, 1.807) is 50.6 Å². The van der Waals surface area contributed by atoms with Gasteiger partial charge in [-0.1, -0.05) is 12.1 Å². The summed E-state index contributed by atoms with van der Waals surface area (Å²) in [7, 11) is 3.33. The first kappa shape index (κ1) is 15.3. The van der Waals surface area contributed by atoms with Crippen LogP contribution in [0.2, 0.25) is 0 Å². The first-order chi connectivity index (χ1) is 10.6. The van der Waals surface area contributed by atoms with Crippen LogP contribution in [-0.2, 0) is 4.79 Å². The summed E-state index contributed by atoms with van der Waals surface area (Å²) in [5, 5.41) is 5.31. The molecule has 1 aliphatic rings. The number of ether oxygens (including phenoxy) is 1. The van der Waals surface area contributed by atoms with Crippen LogP contribution in [0, 0.1) is 0 Å². The van der Waals surface area contributed by atoms with Gasteiger partial charge in [-0.15, -0.1) is 0 Å². The average Bonchev–Trinajstić information content (AvgIpc) is 2.84. The smallest absolute Gasteiger partial charge is 0.296 e. The Labute approximate surface area is 127 Å². The van der Waals surface area contributed by atoms with Crippen molar-refractivity contribution in [3.63, 3.8) is 0 Å². The number of nitrogens with one attached hydrogen (secondary N) is 2. The maximum atomic E-state index is 11.0. The number of fused-ring (bicyclic) bond motifs is 1. The van der Waals surface area contributed by atoms with Gasteiger partial charge in [0.1, 0.15) is 0 Å². The number of pyridine rings is 1. The van der Waals surface area contributed by atoms with E-state index in [0.717, 1.165) is 0 Å². The van der Waals surface area contributed by atoms with Crippen molar-refractivity contribution in [3.05, 3.63) is 42.0 Å². The molecular formula is C15H16N4O3. The van der Waals surface area contributed by atoms with Crippen molar-refractivity contribution in [3.8, 4) is 5.88 Å². The number of amides is 1. The van der Waals surface area contributed by atoms with Crippen molar-refractivity contribution in [1.82, 2.24) is 4.98 Å². The van der Waals surface area contributed by atoms with Crippen LogP contribution in [-0.4, -0.2) is 30.8 Å². The van der Waals surface area contributed by atoms with Gasteiger partial charge in [0.15, 0.2) is 5.82 Å². The third kappa shape index (κ3) is 3.14. The minimum Gasteiger partial charge on any atom is -0.481 e. The van der Waals surface area contributed by atoms with Crippen molar-refractivity contribution >= 4 is 28.9 Å². The lowest BCUT2D eigenvalue weighted by molar-refractivity contribution is -0.112. The number of carbonyl (C=O) groups is 2. The number of aromatic nitrogens is 1. The summed E-state index contributed by atoms with van der Waals surface area (Å²) in [6, 6.07) is 10.3. The van der Waals surface area contributed by atoms with Gasteiger partial charge in [0, 0.05) is 13.1 Å². The lowest BCUT2D eigenvalue weighted by Gasteiger charge is -2.04. The summed E-state index contributed by atoms with van der Waals surface area (Å²) in [4.78, 5) is 25.8. The van der Waals surface area contributed by atoms with E-state index < -0.39 is 11.7 Å². The lowest BCUT2D eigenvalue weighted by atomic mass is 10.1. The molecule has 0 saturated heterocycles. The molecule has 1 aromatic heterocycles. The molecule has 114 valence electrons. The minimum absolute atomic E-state index is 0.444. The molecule has 1 aromatic carbocycles. The maximum Gasteiger partial charge on any atom is 0.296 e. The molecule has 1 amide bonds. The van der Waals surface area contributed by atoms with Crippen LogP contribution >= 0.6 is 0 Å². The number of nitrogens with zero attached hydrogens (tertiary/aromatic N) is 1. The number of benzene rings is 1. The Morgan fingerprint density at radius 3 is 2.55 bits per heavy atom. The molecule has 0 fully saturated rings. The summed E-state index contributed by atoms with van der Waals surface area (Å²) in [5.74, 6) is 0.222. The predicted molar refractivity (Wildman–Crippen MR) is 84.2 cm³/mol. The van der Waals surface area contributed by atoms with E-state index in [1.807, 2.05) is 0 Å². The fourth-order valence-electron chi connectivity index (χ4n) is 1.86. The molecule has 22 heavy (non-hydrogen) atoms. The lowest BCUT2D eigenvalue weighted by Crippen LogP contribution is -2.12. The largest absolute Gasteiger partial charge is 0.481 e. The molecule has 0 spiro atoms. The van der Waals surface area contributed by atoms with Crippen LogP contribution in [0.15, 0.2) is 36.4 Å². The molecule has 0 saturated carbocycles. The Balaban J connectivity index is 0.000000160. The topological polar surface area (TPSA) is 106 Å². The highest BCUT2D eigenvalue weighted by molar-refractivity contribution is 6.51. The van der Waals surface area contributed by atoms with Gasteiger partial charge in [-0.3, -0.25) is 9.59 Å². The van der Waals surface area contributed by atoms with Gasteiger partial charge in [0.05, 0.1) is 24.0 Å².